The summed E-state index contributed by atoms with van der Waals surface area (Å²) in [6.45, 7) is 0.604. The molecular formula is C24H25ClN2O4S. The molecule has 3 rings (SSSR count). The zero-order valence-electron chi connectivity index (χ0n) is 17.9. The molecule has 0 atom stereocenters. The summed E-state index contributed by atoms with van der Waals surface area (Å²) in [5.74, 6) is -0.175. The number of benzene rings is 3. The van der Waals surface area contributed by atoms with Crippen LogP contribution in [0.2, 0.25) is 5.02 Å². The number of rotatable bonds is 9. The normalized spacial score (nSPS) is 11.4. The Balaban J connectivity index is 1.75. The molecule has 8 heteroatoms. The summed E-state index contributed by atoms with van der Waals surface area (Å²) < 4.78 is 32.9. The summed E-state index contributed by atoms with van der Waals surface area (Å²) in [7, 11) is -0.987. The van der Waals surface area contributed by atoms with Crippen molar-refractivity contribution in [3.63, 3.8) is 0 Å². The van der Waals surface area contributed by atoms with Gasteiger partial charge in [-0.1, -0.05) is 54.1 Å². The van der Waals surface area contributed by atoms with Gasteiger partial charge in [-0.05, 0) is 47.9 Å². The smallest absolute Gasteiger partial charge is 0.251 e. The van der Waals surface area contributed by atoms with Gasteiger partial charge in [-0.2, -0.15) is 4.31 Å². The first-order valence-corrected chi connectivity index (χ1v) is 11.8. The number of sulfonamides is 1. The van der Waals surface area contributed by atoms with Gasteiger partial charge in [0, 0.05) is 30.7 Å². The van der Waals surface area contributed by atoms with E-state index in [1.165, 1.54) is 30.6 Å². The van der Waals surface area contributed by atoms with Crippen LogP contribution < -0.4 is 10.1 Å². The van der Waals surface area contributed by atoms with Crippen molar-refractivity contribution in [2.75, 3.05) is 20.7 Å². The maximum absolute atomic E-state index is 13.2. The predicted octanol–water partition coefficient (Wildman–Crippen LogP) is 4.14. The van der Waals surface area contributed by atoms with Gasteiger partial charge >= 0.3 is 0 Å². The van der Waals surface area contributed by atoms with Crippen molar-refractivity contribution in [3.05, 3.63) is 94.5 Å². The Labute approximate surface area is 193 Å². The number of carbonyl (C=O) groups is 1. The van der Waals surface area contributed by atoms with Crippen LogP contribution in [-0.4, -0.2) is 39.3 Å². The molecule has 0 saturated heterocycles. The Bertz CT molecular complexity index is 1170. The number of halogens is 1. The van der Waals surface area contributed by atoms with E-state index in [-0.39, 0.29) is 28.7 Å². The number of carbonyl (C=O) groups excluding carboxylic acids is 1. The largest absolute Gasteiger partial charge is 0.495 e. The van der Waals surface area contributed by atoms with E-state index in [1.807, 2.05) is 42.5 Å². The number of hydrogen-bond donors (Lipinski definition) is 1. The maximum Gasteiger partial charge on any atom is 0.251 e. The van der Waals surface area contributed by atoms with Crippen molar-refractivity contribution in [1.82, 2.24) is 9.62 Å². The van der Waals surface area contributed by atoms with Gasteiger partial charge in [0.1, 0.15) is 10.6 Å². The highest BCUT2D eigenvalue weighted by Gasteiger charge is 2.26. The average molecular weight is 473 g/mol. The van der Waals surface area contributed by atoms with Crippen LogP contribution in [0.5, 0.6) is 5.75 Å². The first-order chi connectivity index (χ1) is 15.3. The van der Waals surface area contributed by atoms with E-state index in [0.29, 0.717) is 18.0 Å². The molecule has 0 aliphatic heterocycles. The van der Waals surface area contributed by atoms with E-state index in [4.69, 9.17) is 16.3 Å². The Hall–Kier alpha value is -2.87. The molecule has 0 spiro atoms. The van der Waals surface area contributed by atoms with Gasteiger partial charge in [0.05, 0.1) is 7.11 Å². The van der Waals surface area contributed by atoms with Gasteiger partial charge in [0.15, 0.2) is 0 Å². The van der Waals surface area contributed by atoms with Crippen LogP contribution in [0.15, 0.2) is 77.7 Å². The topological polar surface area (TPSA) is 75.7 Å². The van der Waals surface area contributed by atoms with E-state index in [1.54, 1.807) is 18.2 Å². The first-order valence-electron chi connectivity index (χ1n) is 10.0. The molecule has 0 aliphatic carbocycles. The predicted molar refractivity (Wildman–Crippen MR) is 126 cm³/mol. The molecule has 32 heavy (non-hydrogen) atoms. The Morgan fingerprint density at radius 1 is 1.00 bits per heavy atom. The summed E-state index contributed by atoms with van der Waals surface area (Å²) in [5, 5.41) is 3.48. The van der Waals surface area contributed by atoms with Crippen molar-refractivity contribution in [2.45, 2.75) is 17.9 Å². The lowest BCUT2D eigenvalue weighted by Gasteiger charge is -2.19. The second kappa shape index (κ2) is 10.6. The van der Waals surface area contributed by atoms with Crippen molar-refractivity contribution < 1.29 is 17.9 Å². The monoisotopic (exact) mass is 472 g/mol. The molecule has 1 amide bonds. The average Bonchev–Trinajstić information content (AvgIpc) is 2.80. The van der Waals surface area contributed by atoms with Crippen molar-refractivity contribution in [2.24, 2.45) is 0 Å². The SMILES string of the molecule is COc1ccc(C(=O)NCCc2ccc(Cl)cc2)cc1S(=O)(=O)N(C)Cc1ccccc1. The highest BCUT2D eigenvalue weighted by Crippen LogP contribution is 2.28. The molecule has 3 aromatic rings. The standard InChI is InChI=1S/C24H25ClN2O4S/c1-27(17-19-6-4-3-5-7-19)32(29,30)23-16-20(10-13-22(23)31-2)24(28)26-15-14-18-8-11-21(25)12-9-18/h3-13,16H,14-15,17H2,1-2H3,(H,26,28). The summed E-state index contributed by atoms with van der Waals surface area (Å²) in [6.07, 6.45) is 0.629. The fraction of sp³-hybridized carbons (Fsp3) is 0.208. The van der Waals surface area contributed by atoms with Gasteiger partial charge in [0.2, 0.25) is 10.0 Å². The Morgan fingerprint density at radius 2 is 1.69 bits per heavy atom. The number of hydrogen-bond acceptors (Lipinski definition) is 4. The summed E-state index contributed by atoms with van der Waals surface area (Å²) in [6, 6.07) is 21.1. The minimum absolute atomic E-state index is 0.0521. The summed E-state index contributed by atoms with van der Waals surface area (Å²) in [5.41, 5.74) is 2.14. The summed E-state index contributed by atoms with van der Waals surface area (Å²) >= 11 is 5.89. The highest BCUT2D eigenvalue weighted by molar-refractivity contribution is 7.89. The van der Waals surface area contributed by atoms with Crippen LogP contribution in [0.1, 0.15) is 21.5 Å². The molecule has 0 unspecified atom stereocenters. The molecule has 6 nitrogen and oxygen atoms in total. The fourth-order valence-electron chi connectivity index (χ4n) is 3.19. The first kappa shape index (κ1) is 23.8. The third kappa shape index (κ3) is 5.88. The second-order valence-electron chi connectivity index (χ2n) is 7.24. The lowest BCUT2D eigenvalue weighted by molar-refractivity contribution is 0.0954. The van der Waals surface area contributed by atoms with Gasteiger partial charge in [-0.25, -0.2) is 8.42 Å². The van der Waals surface area contributed by atoms with Gasteiger partial charge in [-0.15, -0.1) is 0 Å². The second-order valence-corrected chi connectivity index (χ2v) is 9.69. The Kier molecular flexibility index (Phi) is 7.90. The van der Waals surface area contributed by atoms with Crippen LogP contribution >= 0.6 is 11.6 Å². The van der Waals surface area contributed by atoms with Gasteiger partial charge < -0.3 is 10.1 Å². The molecule has 0 aliphatic rings. The number of nitrogens with zero attached hydrogens (tertiary/aromatic N) is 1. The van der Waals surface area contributed by atoms with Crippen LogP contribution in [-0.2, 0) is 23.0 Å². The zero-order valence-corrected chi connectivity index (χ0v) is 19.5. The van der Waals surface area contributed by atoms with Crippen LogP contribution in [0.4, 0.5) is 0 Å². The fourth-order valence-corrected chi connectivity index (χ4v) is 4.65. The molecule has 1 N–H and O–H groups in total. The van der Waals surface area contributed by atoms with E-state index < -0.39 is 10.0 Å². The van der Waals surface area contributed by atoms with Gasteiger partial charge in [-0.3, -0.25) is 4.79 Å². The summed E-state index contributed by atoms with van der Waals surface area (Å²) in [4.78, 5) is 12.6. The molecule has 0 radical (unpaired) electrons. The quantitative estimate of drug-likeness (QED) is 0.507. The number of amides is 1. The molecule has 0 fully saturated rings. The van der Waals surface area contributed by atoms with Crippen molar-refractivity contribution >= 4 is 27.5 Å². The number of methoxy groups -OCH3 is 1. The molecule has 0 aromatic heterocycles. The van der Waals surface area contributed by atoms with E-state index in [2.05, 4.69) is 5.32 Å². The van der Waals surface area contributed by atoms with E-state index in [0.717, 1.165) is 11.1 Å². The third-order valence-corrected chi connectivity index (χ3v) is 7.05. The third-order valence-electron chi connectivity index (χ3n) is 4.97. The highest BCUT2D eigenvalue weighted by atomic mass is 35.5. The lowest BCUT2D eigenvalue weighted by atomic mass is 10.1. The van der Waals surface area contributed by atoms with E-state index >= 15 is 0 Å². The van der Waals surface area contributed by atoms with Crippen LogP contribution in [0.25, 0.3) is 0 Å². The number of nitrogens with one attached hydrogen (secondary N) is 1. The van der Waals surface area contributed by atoms with Crippen molar-refractivity contribution in [1.29, 1.82) is 0 Å². The Morgan fingerprint density at radius 3 is 2.34 bits per heavy atom. The molecule has 0 bridgehead atoms. The van der Waals surface area contributed by atoms with E-state index in [9.17, 15) is 13.2 Å². The number of ether oxygens (including phenoxy) is 1. The molecule has 3 aromatic carbocycles. The minimum atomic E-state index is -3.89. The lowest BCUT2D eigenvalue weighted by Crippen LogP contribution is -2.28. The minimum Gasteiger partial charge on any atom is -0.495 e. The zero-order chi connectivity index (χ0) is 23.1. The van der Waals surface area contributed by atoms with Crippen LogP contribution in [0, 0.1) is 0 Å². The molecule has 0 saturated carbocycles. The molecule has 0 heterocycles. The van der Waals surface area contributed by atoms with Crippen LogP contribution in [0.3, 0.4) is 0 Å². The van der Waals surface area contributed by atoms with Gasteiger partial charge in [0.25, 0.3) is 5.91 Å². The van der Waals surface area contributed by atoms with Crippen molar-refractivity contribution in [3.8, 4) is 5.75 Å². The molecular weight excluding hydrogens is 448 g/mol. The molecule has 168 valence electrons. The maximum atomic E-state index is 13.2.